The number of rotatable bonds is 3. The maximum Gasteiger partial charge on any atom is 0.162 e. The summed E-state index contributed by atoms with van der Waals surface area (Å²) in [7, 11) is 0. The van der Waals surface area contributed by atoms with E-state index in [9.17, 15) is 8.78 Å². The molecule has 0 aliphatic heterocycles. The lowest BCUT2D eigenvalue weighted by Gasteiger charge is -2.13. The fourth-order valence-electron chi connectivity index (χ4n) is 1.76. The minimum Gasteiger partial charge on any atom is -0.204 e. The van der Waals surface area contributed by atoms with Gasteiger partial charge < -0.3 is 0 Å². The molecule has 2 aromatic carbocycles. The lowest BCUT2D eigenvalue weighted by atomic mass is 10.0. The van der Waals surface area contributed by atoms with E-state index in [1.54, 1.807) is 18.2 Å². The Morgan fingerprint density at radius 3 is 2.63 bits per heavy atom. The molecule has 0 heterocycles. The molecule has 1 atom stereocenters. The van der Waals surface area contributed by atoms with Crippen LogP contribution in [0.25, 0.3) is 0 Å². The van der Waals surface area contributed by atoms with Gasteiger partial charge in [-0.25, -0.2) is 8.78 Å². The molecule has 0 amide bonds. The monoisotopic (exact) mass is 364 g/mol. The van der Waals surface area contributed by atoms with Gasteiger partial charge in [-0.05, 0) is 41.8 Å². The van der Waals surface area contributed by atoms with Crippen molar-refractivity contribution in [2.45, 2.75) is 11.8 Å². The van der Waals surface area contributed by atoms with E-state index in [2.05, 4.69) is 15.9 Å². The van der Waals surface area contributed by atoms with E-state index >= 15 is 0 Å². The third kappa shape index (κ3) is 3.47. The lowest BCUT2D eigenvalue weighted by molar-refractivity contribution is 0.498. The van der Waals surface area contributed by atoms with E-state index in [0.717, 1.165) is 16.1 Å². The fraction of sp³-hybridized carbons (Fsp3) is 0.143. The average molecular weight is 366 g/mol. The van der Waals surface area contributed by atoms with Crippen molar-refractivity contribution < 1.29 is 8.78 Å². The summed E-state index contributed by atoms with van der Waals surface area (Å²) >= 11 is 15.5. The Kier molecular flexibility index (Phi) is 4.82. The van der Waals surface area contributed by atoms with Crippen molar-refractivity contribution in [3.63, 3.8) is 0 Å². The molecule has 0 aromatic heterocycles. The highest BCUT2D eigenvalue weighted by atomic mass is 79.9. The standard InChI is InChI=1S/C14H9BrCl2F2/c15-11-5-4-9(16)7-10(11)12(17)6-8-2-1-3-13(18)14(8)19/h1-5,7,12H,6H2. The summed E-state index contributed by atoms with van der Waals surface area (Å²) in [6, 6.07) is 9.27. The zero-order valence-electron chi connectivity index (χ0n) is 9.64. The molecule has 0 saturated carbocycles. The van der Waals surface area contributed by atoms with Crippen LogP contribution in [0.5, 0.6) is 0 Å². The van der Waals surface area contributed by atoms with Crippen molar-refractivity contribution in [3.8, 4) is 0 Å². The third-order valence-corrected chi connectivity index (χ3v) is 4.07. The first-order chi connectivity index (χ1) is 8.99. The van der Waals surface area contributed by atoms with Gasteiger partial charge in [-0.3, -0.25) is 0 Å². The first kappa shape index (κ1) is 14.8. The van der Waals surface area contributed by atoms with Gasteiger partial charge in [0.1, 0.15) is 0 Å². The summed E-state index contributed by atoms with van der Waals surface area (Å²) in [5.74, 6) is -1.72. The quantitative estimate of drug-likeness (QED) is 0.593. The predicted octanol–water partition coefficient (Wildman–Crippen LogP) is 5.90. The normalized spacial score (nSPS) is 12.5. The molecular formula is C14H9BrCl2F2. The van der Waals surface area contributed by atoms with E-state index < -0.39 is 17.0 Å². The second-order valence-corrected chi connectivity index (χ2v) is 5.87. The largest absolute Gasteiger partial charge is 0.204 e. The number of hydrogen-bond donors (Lipinski definition) is 0. The maximum atomic E-state index is 13.6. The molecule has 0 aliphatic rings. The van der Waals surface area contributed by atoms with Gasteiger partial charge >= 0.3 is 0 Å². The van der Waals surface area contributed by atoms with Crippen LogP contribution in [-0.2, 0) is 6.42 Å². The number of benzene rings is 2. The summed E-state index contributed by atoms with van der Waals surface area (Å²) in [5, 5.41) is 0.0490. The number of alkyl halides is 1. The number of halogens is 5. The minimum atomic E-state index is -0.869. The van der Waals surface area contributed by atoms with Crippen LogP contribution in [0.3, 0.4) is 0 Å². The van der Waals surface area contributed by atoms with E-state index in [1.165, 1.54) is 12.1 Å². The summed E-state index contributed by atoms with van der Waals surface area (Å²) in [4.78, 5) is 0. The van der Waals surface area contributed by atoms with Crippen molar-refractivity contribution in [2.24, 2.45) is 0 Å². The topological polar surface area (TPSA) is 0 Å². The van der Waals surface area contributed by atoms with Gasteiger partial charge in [-0.2, -0.15) is 0 Å². The summed E-state index contributed by atoms with van der Waals surface area (Å²) in [5.41, 5.74) is 0.990. The Labute approximate surface area is 128 Å². The second kappa shape index (κ2) is 6.21. The molecule has 0 radical (unpaired) electrons. The molecule has 1 unspecified atom stereocenters. The summed E-state index contributed by atoms with van der Waals surface area (Å²) in [6.45, 7) is 0. The second-order valence-electron chi connectivity index (χ2n) is 4.05. The van der Waals surface area contributed by atoms with Crippen LogP contribution in [0.4, 0.5) is 8.78 Å². The molecule has 2 rings (SSSR count). The Hall–Kier alpha value is -0.640. The van der Waals surface area contributed by atoms with Crippen LogP contribution >= 0.6 is 39.1 Å². The van der Waals surface area contributed by atoms with Crippen molar-refractivity contribution >= 4 is 39.1 Å². The van der Waals surface area contributed by atoms with Gasteiger partial charge in [-0.1, -0.05) is 39.7 Å². The molecular weight excluding hydrogens is 357 g/mol. The van der Waals surface area contributed by atoms with Gasteiger partial charge in [0.25, 0.3) is 0 Å². The third-order valence-electron chi connectivity index (χ3n) is 2.73. The molecule has 0 saturated heterocycles. The smallest absolute Gasteiger partial charge is 0.162 e. The highest BCUT2D eigenvalue weighted by molar-refractivity contribution is 9.10. The highest BCUT2D eigenvalue weighted by Crippen LogP contribution is 2.33. The van der Waals surface area contributed by atoms with Crippen LogP contribution in [0, 0.1) is 11.6 Å². The Bertz CT molecular complexity index is 602. The van der Waals surface area contributed by atoms with Crippen molar-refractivity contribution in [1.29, 1.82) is 0 Å². The zero-order valence-corrected chi connectivity index (χ0v) is 12.7. The van der Waals surface area contributed by atoms with Gasteiger partial charge in [0.05, 0.1) is 5.38 Å². The predicted molar refractivity (Wildman–Crippen MR) is 77.8 cm³/mol. The van der Waals surface area contributed by atoms with Gasteiger partial charge in [0.2, 0.25) is 0 Å². The van der Waals surface area contributed by atoms with E-state index in [-0.39, 0.29) is 12.0 Å². The highest BCUT2D eigenvalue weighted by Gasteiger charge is 2.16. The van der Waals surface area contributed by atoms with Crippen LogP contribution < -0.4 is 0 Å². The molecule has 100 valence electrons. The first-order valence-corrected chi connectivity index (χ1v) is 7.11. The Morgan fingerprint density at radius 2 is 1.89 bits per heavy atom. The van der Waals surface area contributed by atoms with Crippen LogP contribution in [0.1, 0.15) is 16.5 Å². The van der Waals surface area contributed by atoms with E-state index in [4.69, 9.17) is 23.2 Å². The van der Waals surface area contributed by atoms with Crippen LogP contribution in [0.2, 0.25) is 5.02 Å². The van der Waals surface area contributed by atoms with Gasteiger partial charge in [-0.15, -0.1) is 11.6 Å². The molecule has 0 spiro atoms. The Balaban J connectivity index is 2.28. The molecule has 2 aromatic rings. The molecule has 0 nitrogen and oxygen atoms in total. The van der Waals surface area contributed by atoms with Crippen LogP contribution in [0.15, 0.2) is 40.9 Å². The first-order valence-electron chi connectivity index (χ1n) is 5.51. The molecule has 5 heteroatoms. The number of hydrogen-bond acceptors (Lipinski definition) is 0. The molecule has 19 heavy (non-hydrogen) atoms. The molecule has 0 aliphatic carbocycles. The molecule has 0 bridgehead atoms. The summed E-state index contributed by atoms with van der Waals surface area (Å²) in [6.07, 6.45) is 0.185. The van der Waals surface area contributed by atoms with Crippen molar-refractivity contribution in [2.75, 3.05) is 0 Å². The van der Waals surface area contributed by atoms with Gasteiger partial charge in [0.15, 0.2) is 11.6 Å². The maximum absolute atomic E-state index is 13.6. The zero-order chi connectivity index (χ0) is 14.0. The van der Waals surface area contributed by atoms with E-state index in [0.29, 0.717) is 5.02 Å². The van der Waals surface area contributed by atoms with Crippen LogP contribution in [-0.4, -0.2) is 0 Å². The van der Waals surface area contributed by atoms with Crippen molar-refractivity contribution in [3.05, 3.63) is 68.7 Å². The minimum absolute atomic E-state index is 0.185. The fourth-order valence-corrected chi connectivity index (χ4v) is 2.95. The molecule has 0 fully saturated rings. The van der Waals surface area contributed by atoms with Gasteiger partial charge in [0, 0.05) is 9.50 Å². The van der Waals surface area contributed by atoms with Crippen molar-refractivity contribution in [1.82, 2.24) is 0 Å². The summed E-state index contributed by atoms with van der Waals surface area (Å²) < 4.78 is 27.5. The molecule has 0 N–H and O–H groups in total. The average Bonchev–Trinajstić information content (AvgIpc) is 2.38. The SMILES string of the molecule is Fc1cccc(CC(Cl)c2cc(Cl)ccc2Br)c1F. The lowest BCUT2D eigenvalue weighted by Crippen LogP contribution is -2.01. The van der Waals surface area contributed by atoms with E-state index in [1.807, 2.05) is 0 Å². The Morgan fingerprint density at radius 1 is 1.16 bits per heavy atom.